The van der Waals surface area contributed by atoms with Crippen LogP contribution in [0.4, 0.5) is 10.2 Å². The van der Waals surface area contributed by atoms with Gasteiger partial charge in [0, 0.05) is 24.4 Å². The van der Waals surface area contributed by atoms with Gasteiger partial charge in [0.15, 0.2) is 11.6 Å². The van der Waals surface area contributed by atoms with Crippen LogP contribution >= 0.6 is 0 Å². The Morgan fingerprint density at radius 3 is 2.64 bits per heavy atom. The highest BCUT2D eigenvalue weighted by molar-refractivity contribution is 5.63. The zero-order valence-electron chi connectivity index (χ0n) is 15.2. The molecule has 0 saturated heterocycles. The normalized spacial score (nSPS) is 12.1. The molecule has 2 N–H and O–H groups in total. The van der Waals surface area contributed by atoms with Crippen LogP contribution in [-0.4, -0.2) is 35.0 Å². The first kappa shape index (κ1) is 17.6. The summed E-state index contributed by atoms with van der Waals surface area (Å²) in [4.78, 5) is 5.60. The molecule has 0 aliphatic carbocycles. The molecular formula is C18H17FN8O. The van der Waals surface area contributed by atoms with Crippen LogP contribution in [0.15, 0.2) is 49.1 Å². The van der Waals surface area contributed by atoms with Crippen molar-refractivity contribution in [1.29, 1.82) is 0 Å². The van der Waals surface area contributed by atoms with Crippen molar-refractivity contribution < 1.29 is 9.13 Å². The number of anilines is 1. The van der Waals surface area contributed by atoms with E-state index < -0.39 is 6.10 Å². The van der Waals surface area contributed by atoms with Gasteiger partial charge in [0.05, 0.1) is 30.0 Å². The lowest BCUT2D eigenvalue weighted by Gasteiger charge is -2.19. The summed E-state index contributed by atoms with van der Waals surface area (Å²) >= 11 is 0. The van der Waals surface area contributed by atoms with Crippen molar-refractivity contribution in [1.82, 2.24) is 35.0 Å². The summed E-state index contributed by atoms with van der Waals surface area (Å²) < 4.78 is 21.6. The number of hydrogen-bond donors (Lipinski definition) is 1. The fraction of sp³-hybridized carbons (Fsp3) is 0.167. The highest BCUT2D eigenvalue weighted by Gasteiger charge is 2.18. The van der Waals surface area contributed by atoms with Gasteiger partial charge in [-0.05, 0) is 31.2 Å². The molecule has 0 saturated carbocycles. The maximum absolute atomic E-state index is 13.9. The fourth-order valence-corrected chi connectivity index (χ4v) is 2.87. The second-order valence-corrected chi connectivity index (χ2v) is 6.13. The molecule has 0 radical (unpaired) electrons. The van der Waals surface area contributed by atoms with E-state index in [2.05, 4.69) is 25.5 Å². The van der Waals surface area contributed by atoms with E-state index in [9.17, 15) is 4.39 Å². The summed E-state index contributed by atoms with van der Waals surface area (Å²) in [6, 6.07) is 6.09. The molecule has 0 fully saturated rings. The van der Waals surface area contributed by atoms with E-state index in [1.165, 1.54) is 16.9 Å². The van der Waals surface area contributed by atoms with Crippen molar-refractivity contribution in [3.8, 4) is 22.7 Å². The van der Waals surface area contributed by atoms with Crippen LogP contribution in [0.3, 0.4) is 0 Å². The molecule has 9 nitrogen and oxygen atoms in total. The average molecular weight is 380 g/mol. The minimum atomic E-state index is -0.541. The number of aryl methyl sites for hydroxylation is 1. The molecule has 4 aromatic rings. The third-order valence-corrected chi connectivity index (χ3v) is 4.26. The van der Waals surface area contributed by atoms with Gasteiger partial charge in [-0.2, -0.15) is 15.0 Å². The van der Waals surface area contributed by atoms with Gasteiger partial charge in [0.25, 0.3) is 0 Å². The summed E-state index contributed by atoms with van der Waals surface area (Å²) in [5.74, 6) is 0.206. The number of hydrogen-bond acceptors (Lipinski definition) is 7. The molecule has 10 heteroatoms. The molecule has 142 valence electrons. The number of pyridine rings is 1. The van der Waals surface area contributed by atoms with Gasteiger partial charge in [0.1, 0.15) is 11.9 Å². The fourth-order valence-electron chi connectivity index (χ4n) is 2.87. The van der Waals surface area contributed by atoms with Crippen LogP contribution in [0.5, 0.6) is 5.75 Å². The lowest BCUT2D eigenvalue weighted by molar-refractivity contribution is 0.226. The van der Waals surface area contributed by atoms with Crippen LogP contribution in [0, 0.1) is 5.82 Å². The molecule has 4 rings (SSSR count). The minimum absolute atomic E-state index is 0.223. The Morgan fingerprint density at radius 2 is 1.93 bits per heavy atom. The Morgan fingerprint density at radius 1 is 1.14 bits per heavy atom. The lowest BCUT2D eigenvalue weighted by Crippen LogP contribution is -2.11. The summed E-state index contributed by atoms with van der Waals surface area (Å²) in [7, 11) is 1.78. The van der Waals surface area contributed by atoms with E-state index in [1.807, 2.05) is 0 Å². The van der Waals surface area contributed by atoms with Crippen LogP contribution in [0.25, 0.3) is 16.9 Å². The summed E-state index contributed by atoms with van der Waals surface area (Å²) in [6.45, 7) is 1.79. The number of rotatable bonds is 5. The Kier molecular flexibility index (Phi) is 4.44. The van der Waals surface area contributed by atoms with Gasteiger partial charge in [-0.3, -0.25) is 0 Å². The van der Waals surface area contributed by atoms with E-state index in [4.69, 9.17) is 10.5 Å². The van der Waals surface area contributed by atoms with E-state index in [0.29, 0.717) is 17.0 Å². The SMILES string of the molecule is C[C@@H](Oc1cc(-c2cnnn2C)cnc1N)c1cc(F)ccc1-n1nccn1. The Labute approximate surface area is 159 Å². The van der Waals surface area contributed by atoms with Crippen molar-refractivity contribution in [3.63, 3.8) is 0 Å². The first-order valence-electron chi connectivity index (χ1n) is 8.46. The van der Waals surface area contributed by atoms with Gasteiger partial charge in [-0.25, -0.2) is 14.1 Å². The average Bonchev–Trinajstić information content (AvgIpc) is 3.35. The summed E-state index contributed by atoms with van der Waals surface area (Å²) in [5, 5.41) is 16.0. The van der Waals surface area contributed by atoms with Gasteiger partial charge >= 0.3 is 0 Å². The molecule has 0 aliphatic rings. The molecule has 3 heterocycles. The van der Waals surface area contributed by atoms with Gasteiger partial charge < -0.3 is 10.5 Å². The van der Waals surface area contributed by atoms with Gasteiger partial charge in [-0.1, -0.05) is 5.21 Å². The Hall–Kier alpha value is -3.82. The minimum Gasteiger partial charge on any atom is -0.482 e. The molecule has 0 bridgehead atoms. The number of nitrogens with two attached hydrogens (primary N) is 1. The van der Waals surface area contributed by atoms with E-state index in [0.717, 1.165) is 11.3 Å². The van der Waals surface area contributed by atoms with Crippen molar-refractivity contribution in [2.45, 2.75) is 13.0 Å². The van der Waals surface area contributed by atoms with Crippen molar-refractivity contribution in [3.05, 3.63) is 60.4 Å². The Bertz CT molecular complexity index is 1110. The van der Waals surface area contributed by atoms with Crippen LogP contribution < -0.4 is 10.5 Å². The standard InChI is InChI=1S/C18H17FN8O/c1-11(14-8-13(19)3-4-15(14)27-23-5-6-24-27)28-17-7-12(9-21-18(17)20)16-10-22-25-26(16)2/h3-11H,1-2H3,(H2,20,21)/t11-/m1/s1. The molecule has 0 amide bonds. The monoisotopic (exact) mass is 380 g/mol. The quantitative estimate of drug-likeness (QED) is 0.566. The summed E-state index contributed by atoms with van der Waals surface area (Å²) in [5.41, 5.74) is 8.68. The predicted molar refractivity (Wildman–Crippen MR) is 99.0 cm³/mol. The molecule has 0 unspecified atom stereocenters. The molecule has 28 heavy (non-hydrogen) atoms. The highest BCUT2D eigenvalue weighted by atomic mass is 19.1. The van der Waals surface area contributed by atoms with E-state index >= 15 is 0 Å². The van der Waals surface area contributed by atoms with E-state index in [1.54, 1.807) is 55.6 Å². The second-order valence-electron chi connectivity index (χ2n) is 6.13. The smallest absolute Gasteiger partial charge is 0.166 e. The molecule has 1 atom stereocenters. The number of nitrogens with zero attached hydrogens (tertiary/aromatic N) is 7. The molecular weight excluding hydrogens is 363 g/mol. The molecule has 3 aromatic heterocycles. The van der Waals surface area contributed by atoms with Gasteiger partial charge in [-0.15, -0.1) is 5.10 Å². The topological polar surface area (TPSA) is 110 Å². The largest absolute Gasteiger partial charge is 0.482 e. The summed E-state index contributed by atoms with van der Waals surface area (Å²) in [6.07, 6.45) is 5.79. The second kappa shape index (κ2) is 7.06. The van der Waals surface area contributed by atoms with Crippen molar-refractivity contribution in [2.75, 3.05) is 5.73 Å². The van der Waals surface area contributed by atoms with Crippen molar-refractivity contribution >= 4 is 5.82 Å². The molecule has 1 aromatic carbocycles. The highest BCUT2D eigenvalue weighted by Crippen LogP contribution is 2.32. The molecule has 0 aliphatic heterocycles. The van der Waals surface area contributed by atoms with Crippen LogP contribution in [0.2, 0.25) is 0 Å². The maximum Gasteiger partial charge on any atom is 0.166 e. The number of nitrogen functional groups attached to an aromatic ring is 1. The van der Waals surface area contributed by atoms with Crippen LogP contribution in [0.1, 0.15) is 18.6 Å². The van der Waals surface area contributed by atoms with Crippen LogP contribution in [-0.2, 0) is 7.05 Å². The predicted octanol–water partition coefficient (Wildman–Crippen LogP) is 2.32. The van der Waals surface area contributed by atoms with Gasteiger partial charge in [0.2, 0.25) is 0 Å². The third-order valence-electron chi connectivity index (χ3n) is 4.26. The molecule has 0 spiro atoms. The number of aromatic nitrogens is 7. The number of halogens is 1. The zero-order chi connectivity index (χ0) is 19.7. The third kappa shape index (κ3) is 3.27. The number of ether oxygens (including phenoxy) is 1. The van der Waals surface area contributed by atoms with Crippen molar-refractivity contribution in [2.24, 2.45) is 7.05 Å². The maximum atomic E-state index is 13.9. The van der Waals surface area contributed by atoms with E-state index in [-0.39, 0.29) is 11.6 Å². The zero-order valence-corrected chi connectivity index (χ0v) is 15.2. The Balaban J connectivity index is 1.69. The first-order chi connectivity index (χ1) is 13.5. The number of benzene rings is 1. The first-order valence-corrected chi connectivity index (χ1v) is 8.46. The lowest BCUT2D eigenvalue weighted by atomic mass is 10.1.